The second kappa shape index (κ2) is 4.59. The van der Waals surface area contributed by atoms with Gasteiger partial charge in [-0.25, -0.2) is 0 Å². The minimum Gasteiger partial charge on any atom is -0.384 e. The molecule has 6 heteroatoms. The Balaban J connectivity index is 0.00000128. The molecule has 1 nitrogen and oxygen atoms in total. The summed E-state index contributed by atoms with van der Waals surface area (Å²) in [4.78, 5) is 0. The van der Waals surface area contributed by atoms with Gasteiger partial charge >= 0.3 is 6.18 Å². The van der Waals surface area contributed by atoms with Crippen molar-refractivity contribution in [2.24, 2.45) is 0 Å². The number of thiocarbonyl (C=S) groups is 1. The predicted molar refractivity (Wildman–Crippen MR) is 63.6 cm³/mol. The maximum Gasteiger partial charge on any atom is 0.417 e. The zero-order valence-corrected chi connectivity index (χ0v) is 9.73. The van der Waals surface area contributed by atoms with Crippen LogP contribution in [-0.4, -0.2) is 11.9 Å². The molecule has 1 aliphatic heterocycles. The van der Waals surface area contributed by atoms with Gasteiger partial charge in [0.2, 0.25) is 0 Å². The molecule has 0 spiro atoms. The molecule has 0 amide bonds. The Hall–Kier alpha value is -0.810. The van der Waals surface area contributed by atoms with Crippen molar-refractivity contribution < 1.29 is 13.2 Å². The Labute approximate surface area is 102 Å². The smallest absolute Gasteiger partial charge is 0.384 e. The average Bonchev–Trinajstić information content (AvgIpc) is 2.60. The predicted octanol–water partition coefficient (Wildman–Crippen LogP) is 3.44. The summed E-state index contributed by atoms with van der Waals surface area (Å²) in [5, 5.41) is 4.00. The number of hydrogen-bond acceptors (Lipinski definition) is 2. The minimum atomic E-state index is -4.34. The number of fused-ring (bicyclic) bond motifs is 1. The van der Waals surface area contributed by atoms with Gasteiger partial charge in [-0.1, -0.05) is 12.2 Å². The van der Waals surface area contributed by atoms with Crippen LogP contribution in [0.15, 0.2) is 12.1 Å². The maximum atomic E-state index is 12.6. The molecule has 0 aromatic heterocycles. The number of nitrogens with one attached hydrogen (secondary N) is 1. The highest BCUT2D eigenvalue weighted by atomic mass is 35.5. The molecule has 0 unspecified atom stereocenters. The molecule has 0 aliphatic carbocycles. The SMILES string of the molecule is Cl.FC(F)(F)c1cc2c(cc1C=S)CCN2. The van der Waals surface area contributed by atoms with Crippen molar-refractivity contribution in [3.8, 4) is 0 Å². The number of alkyl halides is 3. The molecule has 0 radical (unpaired) electrons. The lowest BCUT2D eigenvalue weighted by Gasteiger charge is -2.12. The molecular weight excluding hydrogens is 259 g/mol. The first kappa shape index (κ1) is 13.3. The molecule has 16 heavy (non-hydrogen) atoms. The van der Waals surface area contributed by atoms with E-state index in [0.29, 0.717) is 12.2 Å². The highest BCUT2D eigenvalue weighted by molar-refractivity contribution is 7.79. The van der Waals surface area contributed by atoms with Gasteiger partial charge in [-0.3, -0.25) is 0 Å². The van der Waals surface area contributed by atoms with Crippen LogP contribution in [0.2, 0.25) is 0 Å². The maximum absolute atomic E-state index is 12.6. The summed E-state index contributed by atoms with van der Waals surface area (Å²) in [5.74, 6) is 0. The summed E-state index contributed by atoms with van der Waals surface area (Å²) in [6, 6.07) is 2.66. The molecule has 88 valence electrons. The molecule has 0 atom stereocenters. The highest BCUT2D eigenvalue weighted by Gasteiger charge is 2.34. The van der Waals surface area contributed by atoms with Gasteiger partial charge in [-0.05, 0) is 29.7 Å². The molecule has 1 aromatic carbocycles. The van der Waals surface area contributed by atoms with Gasteiger partial charge in [0.1, 0.15) is 0 Å². The number of hydrogen-bond donors (Lipinski definition) is 1. The molecule has 0 bridgehead atoms. The summed E-state index contributed by atoms with van der Waals surface area (Å²) in [6.45, 7) is 0.688. The molecular formula is C10H9ClF3NS. The Bertz CT molecular complexity index is 417. The summed E-state index contributed by atoms with van der Waals surface area (Å²) < 4.78 is 37.8. The number of benzene rings is 1. The fourth-order valence-electron chi connectivity index (χ4n) is 1.71. The summed E-state index contributed by atoms with van der Waals surface area (Å²) in [5.41, 5.74) is 0.896. The van der Waals surface area contributed by atoms with Crippen molar-refractivity contribution in [1.82, 2.24) is 0 Å². The number of rotatable bonds is 1. The van der Waals surface area contributed by atoms with Crippen molar-refractivity contribution in [3.05, 3.63) is 28.8 Å². The van der Waals surface area contributed by atoms with Gasteiger partial charge in [0.15, 0.2) is 0 Å². The molecule has 0 saturated carbocycles. The lowest BCUT2D eigenvalue weighted by atomic mass is 10.0. The Morgan fingerprint density at radius 3 is 2.56 bits per heavy atom. The van der Waals surface area contributed by atoms with E-state index in [1.54, 1.807) is 0 Å². The molecule has 0 fully saturated rings. The first-order valence-corrected chi connectivity index (χ1v) is 4.92. The second-order valence-electron chi connectivity index (χ2n) is 3.39. The topological polar surface area (TPSA) is 12.0 Å². The van der Waals surface area contributed by atoms with Crippen molar-refractivity contribution in [2.45, 2.75) is 12.6 Å². The van der Waals surface area contributed by atoms with Crippen molar-refractivity contribution >= 4 is 35.7 Å². The summed E-state index contributed by atoms with van der Waals surface area (Å²) >= 11 is 4.60. The Morgan fingerprint density at radius 1 is 1.31 bits per heavy atom. The average molecular weight is 268 g/mol. The molecule has 1 aromatic rings. The second-order valence-corrected chi connectivity index (χ2v) is 3.62. The van der Waals surface area contributed by atoms with Gasteiger partial charge in [-0.15, -0.1) is 12.4 Å². The van der Waals surface area contributed by atoms with Gasteiger partial charge in [-0.2, -0.15) is 13.2 Å². The van der Waals surface area contributed by atoms with Crippen molar-refractivity contribution in [2.75, 3.05) is 11.9 Å². The fraction of sp³-hybridized carbons (Fsp3) is 0.300. The van der Waals surface area contributed by atoms with E-state index in [4.69, 9.17) is 0 Å². The van der Waals surface area contributed by atoms with Crippen LogP contribution in [0.5, 0.6) is 0 Å². The van der Waals surface area contributed by atoms with E-state index in [0.717, 1.165) is 23.4 Å². The normalized spacial score (nSPS) is 13.7. The lowest BCUT2D eigenvalue weighted by molar-refractivity contribution is -0.137. The van der Waals surface area contributed by atoms with E-state index in [1.165, 1.54) is 6.07 Å². The molecule has 0 saturated heterocycles. The Kier molecular flexibility index (Phi) is 3.80. The fourth-order valence-corrected chi connectivity index (χ4v) is 1.90. The van der Waals surface area contributed by atoms with Gasteiger partial charge in [0.25, 0.3) is 0 Å². The first-order chi connectivity index (χ1) is 7.02. The van der Waals surface area contributed by atoms with Crippen LogP contribution in [0.3, 0.4) is 0 Å². The quantitative estimate of drug-likeness (QED) is 0.783. The standard InChI is InChI=1S/C10H8F3NS.ClH/c11-10(12,13)8-4-9-6(1-2-14-9)3-7(8)5-15;/h3-5,14H,1-2H2;1H. The third kappa shape index (κ3) is 2.30. The lowest BCUT2D eigenvalue weighted by Crippen LogP contribution is -2.09. The van der Waals surface area contributed by atoms with Gasteiger partial charge < -0.3 is 5.32 Å². The molecule has 1 N–H and O–H groups in total. The summed E-state index contributed by atoms with van der Waals surface area (Å²) in [7, 11) is 0. The van der Waals surface area contributed by atoms with E-state index < -0.39 is 11.7 Å². The van der Waals surface area contributed by atoms with E-state index in [2.05, 4.69) is 17.5 Å². The van der Waals surface area contributed by atoms with Gasteiger partial charge in [0, 0.05) is 17.6 Å². The van der Waals surface area contributed by atoms with Gasteiger partial charge in [0.05, 0.1) is 5.56 Å². The van der Waals surface area contributed by atoms with Crippen LogP contribution in [0.25, 0.3) is 0 Å². The molecule has 1 aliphatic rings. The van der Waals surface area contributed by atoms with Crippen LogP contribution in [-0.2, 0) is 12.6 Å². The third-order valence-corrected chi connectivity index (χ3v) is 2.67. The largest absolute Gasteiger partial charge is 0.417 e. The minimum absolute atomic E-state index is 0. The van der Waals surface area contributed by atoms with Crippen LogP contribution < -0.4 is 5.32 Å². The van der Waals surface area contributed by atoms with Crippen molar-refractivity contribution in [3.63, 3.8) is 0 Å². The summed E-state index contributed by atoms with van der Waals surface area (Å²) in [6.07, 6.45) is -3.59. The third-order valence-electron chi connectivity index (χ3n) is 2.42. The Morgan fingerprint density at radius 2 is 2.00 bits per heavy atom. The van der Waals surface area contributed by atoms with E-state index in [-0.39, 0.29) is 18.0 Å². The zero-order valence-electron chi connectivity index (χ0n) is 8.10. The monoisotopic (exact) mass is 267 g/mol. The van der Waals surface area contributed by atoms with Crippen LogP contribution in [0.4, 0.5) is 18.9 Å². The van der Waals surface area contributed by atoms with Crippen LogP contribution in [0, 0.1) is 0 Å². The highest BCUT2D eigenvalue weighted by Crippen LogP contribution is 2.36. The van der Waals surface area contributed by atoms with Crippen LogP contribution in [0.1, 0.15) is 16.7 Å². The molecule has 1 heterocycles. The number of halogens is 4. The number of anilines is 1. The molecule has 2 rings (SSSR count). The van der Waals surface area contributed by atoms with E-state index >= 15 is 0 Å². The van der Waals surface area contributed by atoms with Crippen LogP contribution >= 0.6 is 24.6 Å². The first-order valence-electron chi connectivity index (χ1n) is 4.45. The van der Waals surface area contributed by atoms with E-state index in [9.17, 15) is 13.2 Å². The van der Waals surface area contributed by atoms with E-state index in [1.807, 2.05) is 0 Å². The zero-order chi connectivity index (χ0) is 11.1. The van der Waals surface area contributed by atoms with Crippen molar-refractivity contribution in [1.29, 1.82) is 0 Å².